The molecule has 0 spiro atoms. The molecule has 3 rings (SSSR count). The normalized spacial score (nSPS) is 12.4. The van der Waals surface area contributed by atoms with Crippen LogP contribution in [0.25, 0.3) is 0 Å². The van der Waals surface area contributed by atoms with Crippen LogP contribution in [0.15, 0.2) is 66.9 Å². The van der Waals surface area contributed by atoms with Gasteiger partial charge in [0.05, 0.1) is 19.0 Å². The fraction of sp³-hybridized carbons (Fsp3) is 0.464. The topological polar surface area (TPSA) is 8.81 Å². The Morgan fingerprint density at radius 1 is 0.833 bits per heavy atom. The van der Waals surface area contributed by atoms with E-state index in [4.69, 9.17) is 0 Å². The number of nitrogens with zero attached hydrogens (tertiary/aromatic N) is 2. The van der Waals surface area contributed by atoms with Crippen molar-refractivity contribution >= 4 is 0 Å². The van der Waals surface area contributed by atoms with Crippen LogP contribution in [-0.2, 0) is 19.4 Å². The molecule has 0 fully saturated rings. The Balaban J connectivity index is 1.92. The Hall–Kier alpha value is -2.35. The van der Waals surface area contributed by atoms with E-state index in [-0.39, 0.29) is 0 Å². The monoisotopic (exact) mass is 403 g/mol. The van der Waals surface area contributed by atoms with Crippen LogP contribution in [0.1, 0.15) is 88.0 Å². The summed E-state index contributed by atoms with van der Waals surface area (Å²) in [6.45, 7) is 10.4. The Kier molecular flexibility index (Phi) is 8.30. The van der Waals surface area contributed by atoms with Gasteiger partial charge in [-0.25, -0.2) is 9.13 Å². The van der Waals surface area contributed by atoms with E-state index in [0.29, 0.717) is 12.0 Å². The van der Waals surface area contributed by atoms with Gasteiger partial charge in [-0.05, 0) is 43.7 Å². The first kappa shape index (κ1) is 22.3. The van der Waals surface area contributed by atoms with E-state index in [0.717, 1.165) is 19.4 Å². The van der Waals surface area contributed by atoms with Crippen LogP contribution in [0.4, 0.5) is 0 Å². The molecule has 1 atom stereocenters. The zero-order valence-electron chi connectivity index (χ0n) is 19.3. The van der Waals surface area contributed by atoms with Crippen LogP contribution in [0.5, 0.6) is 0 Å². The van der Waals surface area contributed by atoms with Gasteiger partial charge < -0.3 is 0 Å². The fourth-order valence-corrected chi connectivity index (χ4v) is 4.48. The molecule has 0 bridgehead atoms. The Morgan fingerprint density at radius 2 is 1.50 bits per heavy atom. The maximum Gasteiger partial charge on any atom is 0.261 e. The lowest BCUT2D eigenvalue weighted by atomic mass is 9.96. The Labute approximate surface area is 183 Å². The summed E-state index contributed by atoms with van der Waals surface area (Å²) in [6, 6.07) is 22.3. The molecule has 0 aliphatic carbocycles. The molecule has 0 saturated heterocycles. The summed E-state index contributed by atoms with van der Waals surface area (Å²) in [4.78, 5) is 0. The molecule has 1 unspecified atom stereocenters. The molecule has 0 aliphatic heterocycles. The molecule has 2 nitrogen and oxygen atoms in total. The van der Waals surface area contributed by atoms with Gasteiger partial charge in [-0.15, -0.1) is 0 Å². The van der Waals surface area contributed by atoms with E-state index < -0.39 is 0 Å². The minimum atomic E-state index is 0.457. The highest BCUT2D eigenvalue weighted by atomic mass is 15.2. The highest BCUT2D eigenvalue weighted by Gasteiger charge is 2.26. The predicted molar refractivity (Wildman–Crippen MR) is 127 cm³/mol. The lowest BCUT2D eigenvalue weighted by molar-refractivity contribution is -0.704. The van der Waals surface area contributed by atoms with E-state index in [1.165, 1.54) is 48.3 Å². The van der Waals surface area contributed by atoms with Crippen molar-refractivity contribution in [1.82, 2.24) is 4.57 Å². The standard InChI is InChI=1S/C28H39N2/c1-5-6-7-14-19-29-22-27(20-24(4)26-17-12-9-13-18-26)30(23(2)3)28(29)21-25-15-10-8-11-16-25/h8-13,15-18,22-24H,5-7,14,19-21H2,1-4H3/q+1. The number of imidazole rings is 1. The molecule has 0 aliphatic rings. The van der Waals surface area contributed by atoms with Crippen LogP contribution < -0.4 is 4.57 Å². The lowest BCUT2D eigenvalue weighted by Gasteiger charge is -2.13. The van der Waals surface area contributed by atoms with Gasteiger partial charge in [-0.2, -0.15) is 0 Å². The highest BCUT2D eigenvalue weighted by molar-refractivity contribution is 5.22. The van der Waals surface area contributed by atoms with E-state index >= 15 is 0 Å². The van der Waals surface area contributed by atoms with Gasteiger partial charge in [0.25, 0.3) is 5.82 Å². The SMILES string of the molecule is CCCCCC[n+]1cc(CC(C)c2ccccc2)n(C(C)C)c1Cc1ccccc1. The maximum absolute atomic E-state index is 2.60. The van der Waals surface area contributed by atoms with Crippen LogP contribution >= 0.6 is 0 Å². The molecule has 0 amide bonds. The first-order chi connectivity index (χ1) is 14.6. The van der Waals surface area contributed by atoms with Crippen molar-refractivity contribution in [3.63, 3.8) is 0 Å². The number of benzene rings is 2. The second-order valence-corrected chi connectivity index (χ2v) is 8.93. The van der Waals surface area contributed by atoms with Gasteiger partial charge in [0.15, 0.2) is 0 Å². The number of aromatic nitrogens is 2. The third-order valence-electron chi connectivity index (χ3n) is 6.08. The molecule has 0 N–H and O–H groups in total. The van der Waals surface area contributed by atoms with Crippen molar-refractivity contribution in [1.29, 1.82) is 0 Å². The van der Waals surface area contributed by atoms with E-state index in [1.807, 2.05) is 0 Å². The summed E-state index contributed by atoms with van der Waals surface area (Å²) >= 11 is 0. The predicted octanol–water partition coefficient (Wildman–Crippen LogP) is 6.87. The molecule has 30 heavy (non-hydrogen) atoms. The fourth-order valence-electron chi connectivity index (χ4n) is 4.48. The van der Waals surface area contributed by atoms with Crippen molar-refractivity contribution in [3.05, 3.63) is 89.5 Å². The van der Waals surface area contributed by atoms with Crippen LogP contribution in [0.3, 0.4) is 0 Å². The summed E-state index contributed by atoms with van der Waals surface area (Å²) in [6.07, 6.45) is 9.71. The Morgan fingerprint density at radius 3 is 2.13 bits per heavy atom. The second kappa shape index (κ2) is 11.2. The van der Waals surface area contributed by atoms with Crippen LogP contribution in [0.2, 0.25) is 0 Å². The molecule has 2 heteroatoms. The molecular weight excluding hydrogens is 364 g/mol. The van der Waals surface area contributed by atoms with Crippen molar-refractivity contribution in [3.8, 4) is 0 Å². The summed E-state index contributed by atoms with van der Waals surface area (Å²) in [7, 11) is 0. The lowest BCUT2D eigenvalue weighted by Crippen LogP contribution is -2.37. The molecule has 0 saturated carbocycles. The van der Waals surface area contributed by atoms with Gasteiger partial charge in [-0.3, -0.25) is 0 Å². The summed E-state index contributed by atoms with van der Waals surface area (Å²) < 4.78 is 5.15. The average Bonchev–Trinajstić information content (AvgIpc) is 3.09. The molecule has 2 aromatic carbocycles. The zero-order valence-corrected chi connectivity index (χ0v) is 19.3. The van der Waals surface area contributed by atoms with Crippen LogP contribution in [-0.4, -0.2) is 4.57 Å². The second-order valence-electron chi connectivity index (χ2n) is 8.93. The molecular formula is C28H39N2+. The minimum absolute atomic E-state index is 0.457. The minimum Gasteiger partial charge on any atom is -0.234 e. The van der Waals surface area contributed by atoms with Crippen molar-refractivity contribution < 1.29 is 4.57 Å². The molecule has 1 heterocycles. The van der Waals surface area contributed by atoms with E-state index in [2.05, 4.69) is 104 Å². The number of aryl methyl sites for hydroxylation is 1. The van der Waals surface area contributed by atoms with Crippen molar-refractivity contribution in [2.45, 2.75) is 84.7 Å². The van der Waals surface area contributed by atoms with E-state index in [9.17, 15) is 0 Å². The molecule has 160 valence electrons. The molecule has 3 aromatic rings. The van der Waals surface area contributed by atoms with Gasteiger partial charge >= 0.3 is 0 Å². The summed E-state index contributed by atoms with van der Waals surface area (Å²) in [5, 5.41) is 0. The summed E-state index contributed by atoms with van der Waals surface area (Å²) in [5.41, 5.74) is 4.28. The van der Waals surface area contributed by atoms with Crippen LogP contribution in [0, 0.1) is 0 Å². The van der Waals surface area contributed by atoms with Crippen molar-refractivity contribution in [2.75, 3.05) is 0 Å². The third-order valence-corrected chi connectivity index (χ3v) is 6.08. The molecule has 0 radical (unpaired) electrons. The Bertz CT molecular complexity index is 878. The molecule has 1 aromatic heterocycles. The summed E-state index contributed by atoms with van der Waals surface area (Å²) in [5.74, 6) is 1.96. The highest BCUT2D eigenvalue weighted by Crippen LogP contribution is 2.24. The van der Waals surface area contributed by atoms with Crippen molar-refractivity contribution in [2.24, 2.45) is 0 Å². The average molecular weight is 404 g/mol. The number of hydrogen-bond donors (Lipinski definition) is 0. The van der Waals surface area contributed by atoms with Gasteiger partial charge in [0.2, 0.25) is 0 Å². The zero-order chi connectivity index (χ0) is 21.3. The number of unbranched alkanes of at least 4 members (excludes halogenated alkanes) is 3. The first-order valence-electron chi connectivity index (χ1n) is 11.8. The maximum atomic E-state index is 2.60. The first-order valence-corrected chi connectivity index (χ1v) is 11.8. The number of hydrogen-bond acceptors (Lipinski definition) is 0. The largest absolute Gasteiger partial charge is 0.261 e. The van der Waals surface area contributed by atoms with Gasteiger partial charge in [0.1, 0.15) is 11.9 Å². The van der Waals surface area contributed by atoms with Gasteiger partial charge in [0, 0.05) is 6.42 Å². The van der Waals surface area contributed by atoms with Gasteiger partial charge in [-0.1, -0.05) is 87.4 Å². The van der Waals surface area contributed by atoms with E-state index in [1.54, 1.807) is 0 Å². The number of rotatable bonds is 11. The smallest absolute Gasteiger partial charge is 0.234 e. The third kappa shape index (κ3) is 5.84. The quantitative estimate of drug-likeness (QED) is 0.244.